The maximum Gasteiger partial charge on any atom is 0.330 e. The average molecular weight is 242 g/mol. The molecule has 0 unspecified atom stereocenters. The fourth-order valence-electron chi connectivity index (χ4n) is 1.66. The van der Waals surface area contributed by atoms with Gasteiger partial charge in [-0.25, -0.2) is 4.79 Å². The summed E-state index contributed by atoms with van der Waals surface area (Å²) < 4.78 is 4.57. The highest BCUT2D eigenvalue weighted by molar-refractivity contribution is 5.88. The van der Waals surface area contributed by atoms with Gasteiger partial charge in [0, 0.05) is 17.3 Å². The molecule has 1 aromatic carbocycles. The molecule has 18 heavy (non-hydrogen) atoms. The van der Waals surface area contributed by atoms with Gasteiger partial charge in [0.05, 0.1) is 12.8 Å². The number of hydrogen-bond acceptors (Lipinski definition) is 3. The molecule has 0 saturated heterocycles. The summed E-state index contributed by atoms with van der Waals surface area (Å²) in [6.07, 6.45) is 3.13. The maximum atomic E-state index is 11.1. The SMILES string of the molecule is COC(=O)/C=C/c1ccccc1-c1cc(C)[nH]n1. The molecule has 2 rings (SSSR count). The maximum absolute atomic E-state index is 11.1. The molecule has 1 heterocycles. The predicted octanol–water partition coefficient (Wildman–Crippen LogP) is 2.57. The van der Waals surface area contributed by atoms with Gasteiger partial charge >= 0.3 is 5.97 Å². The van der Waals surface area contributed by atoms with Crippen molar-refractivity contribution < 1.29 is 9.53 Å². The largest absolute Gasteiger partial charge is 0.466 e. The van der Waals surface area contributed by atoms with Gasteiger partial charge < -0.3 is 4.74 Å². The monoisotopic (exact) mass is 242 g/mol. The van der Waals surface area contributed by atoms with E-state index in [1.165, 1.54) is 13.2 Å². The summed E-state index contributed by atoms with van der Waals surface area (Å²) in [5.41, 5.74) is 3.76. The lowest BCUT2D eigenvalue weighted by Crippen LogP contribution is -1.93. The summed E-state index contributed by atoms with van der Waals surface area (Å²) in [7, 11) is 1.36. The van der Waals surface area contributed by atoms with E-state index in [0.29, 0.717) is 0 Å². The smallest absolute Gasteiger partial charge is 0.330 e. The first-order valence-electron chi connectivity index (χ1n) is 5.58. The summed E-state index contributed by atoms with van der Waals surface area (Å²) in [4.78, 5) is 11.1. The molecule has 0 atom stereocenters. The fourth-order valence-corrected chi connectivity index (χ4v) is 1.66. The molecule has 0 aliphatic heterocycles. The van der Waals surface area contributed by atoms with Crippen molar-refractivity contribution in [1.29, 1.82) is 0 Å². The Labute approximate surface area is 105 Å². The van der Waals surface area contributed by atoms with Crippen LogP contribution >= 0.6 is 0 Å². The first-order chi connectivity index (χ1) is 8.70. The zero-order valence-electron chi connectivity index (χ0n) is 10.3. The van der Waals surface area contributed by atoms with Crippen molar-refractivity contribution in [2.24, 2.45) is 0 Å². The number of carbonyl (C=O) groups excluding carboxylic acids is 1. The Morgan fingerprint density at radius 1 is 1.39 bits per heavy atom. The normalized spacial score (nSPS) is 10.8. The standard InChI is InChI=1S/C14H14N2O2/c1-10-9-13(16-15-10)12-6-4-3-5-11(12)7-8-14(17)18-2/h3-9H,1-2H3,(H,15,16)/b8-7+. The minimum absolute atomic E-state index is 0.372. The van der Waals surface area contributed by atoms with Crippen molar-refractivity contribution in [2.75, 3.05) is 7.11 Å². The number of esters is 1. The Hall–Kier alpha value is -2.36. The van der Waals surface area contributed by atoms with Crippen LogP contribution in [0.25, 0.3) is 17.3 Å². The Bertz CT molecular complexity index is 585. The van der Waals surface area contributed by atoms with Gasteiger partial charge in [-0.1, -0.05) is 24.3 Å². The minimum Gasteiger partial charge on any atom is -0.466 e. The number of rotatable bonds is 3. The number of ether oxygens (including phenoxy) is 1. The molecule has 0 spiro atoms. The molecule has 0 aliphatic carbocycles. The third kappa shape index (κ3) is 2.66. The molecule has 4 heteroatoms. The summed E-state index contributed by atoms with van der Waals surface area (Å²) in [6, 6.07) is 9.71. The molecule has 1 aromatic heterocycles. The Morgan fingerprint density at radius 3 is 2.83 bits per heavy atom. The molecule has 4 nitrogen and oxygen atoms in total. The fraction of sp³-hybridized carbons (Fsp3) is 0.143. The van der Waals surface area contributed by atoms with Crippen LogP contribution in [-0.4, -0.2) is 23.3 Å². The van der Waals surface area contributed by atoms with E-state index in [1.54, 1.807) is 6.08 Å². The topological polar surface area (TPSA) is 55.0 Å². The van der Waals surface area contributed by atoms with Crippen LogP contribution in [0.3, 0.4) is 0 Å². The number of nitrogens with zero attached hydrogens (tertiary/aromatic N) is 1. The van der Waals surface area contributed by atoms with E-state index < -0.39 is 0 Å². The summed E-state index contributed by atoms with van der Waals surface area (Å²) in [6.45, 7) is 1.95. The van der Waals surface area contributed by atoms with E-state index in [2.05, 4.69) is 14.9 Å². The van der Waals surface area contributed by atoms with Gasteiger partial charge in [-0.15, -0.1) is 0 Å². The van der Waals surface area contributed by atoms with E-state index >= 15 is 0 Å². The van der Waals surface area contributed by atoms with Crippen molar-refractivity contribution in [3.05, 3.63) is 47.7 Å². The lowest BCUT2D eigenvalue weighted by molar-refractivity contribution is -0.134. The second-order valence-corrected chi connectivity index (χ2v) is 3.88. The number of methoxy groups -OCH3 is 1. The number of aryl methyl sites for hydroxylation is 1. The van der Waals surface area contributed by atoms with Gasteiger partial charge in [-0.05, 0) is 24.6 Å². The number of aromatic nitrogens is 2. The third-order valence-corrected chi connectivity index (χ3v) is 2.54. The van der Waals surface area contributed by atoms with Crippen LogP contribution in [0.2, 0.25) is 0 Å². The van der Waals surface area contributed by atoms with E-state index in [9.17, 15) is 4.79 Å². The van der Waals surface area contributed by atoms with E-state index in [-0.39, 0.29) is 5.97 Å². The van der Waals surface area contributed by atoms with Crippen LogP contribution < -0.4 is 0 Å². The van der Waals surface area contributed by atoms with Crippen molar-refractivity contribution in [1.82, 2.24) is 10.2 Å². The van der Waals surface area contributed by atoms with Crippen LogP contribution in [0.15, 0.2) is 36.4 Å². The van der Waals surface area contributed by atoms with Gasteiger partial charge in [0.2, 0.25) is 0 Å². The van der Waals surface area contributed by atoms with Gasteiger partial charge in [-0.3, -0.25) is 5.10 Å². The van der Waals surface area contributed by atoms with Crippen molar-refractivity contribution in [2.45, 2.75) is 6.92 Å². The van der Waals surface area contributed by atoms with Crippen LogP contribution in [0.5, 0.6) is 0 Å². The highest BCUT2D eigenvalue weighted by Gasteiger charge is 2.05. The molecular formula is C14H14N2O2. The molecular weight excluding hydrogens is 228 g/mol. The quantitative estimate of drug-likeness (QED) is 0.664. The van der Waals surface area contributed by atoms with Gasteiger partial charge in [-0.2, -0.15) is 5.10 Å². The van der Waals surface area contributed by atoms with Gasteiger partial charge in [0.1, 0.15) is 0 Å². The first-order valence-corrected chi connectivity index (χ1v) is 5.58. The summed E-state index contributed by atoms with van der Waals surface area (Å²) in [5.74, 6) is -0.372. The summed E-state index contributed by atoms with van der Waals surface area (Å²) in [5, 5.41) is 7.12. The van der Waals surface area contributed by atoms with Crippen LogP contribution in [-0.2, 0) is 9.53 Å². The Balaban J connectivity index is 2.37. The molecule has 0 saturated carbocycles. The second-order valence-electron chi connectivity index (χ2n) is 3.88. The van der Waals surface area contributed by atoms with Crippen molar-refractivity contribution in [3.63, 3.8) is 0 Å². The van der Waals surface area contributed by atoms with Crippen molar-refractivity contribution >= 4 is 12.0 Å². The molecule has 2 aromatic rings. The Kier molecular flexibility index (Phi) is 3.57. The average Bonchev–Trinajstić information content (AvgIpc) is 2.83. The van der Waals surface area contributed by atoms with Gasteiger partial charge in [0.15, 0.2) is 0 Å². The highest BCUT2D eigenvalue weighted by atomic mass is 16.5. The molecule has 0 bridgehead atoms. The van der Waals surface area contributed by atoms with E-state index in [1.807, 2.05) is 37.3 Å². The lowest BCUT2D eigenvalue weighted by Gasteiger charge is -2.01. The number of hydrogen-bond donors (Lipinski definition) is 1. The minimum atomic E-state index is -0.372. The molecule has 0 aliphatic rings. The zero-order chi connectivity index (χ0) is 13.0. The summed E-state index contributed by atoms with van der Waals surface area (Å²) >= 11 is 0. The van der Waals surface area contributed by atoms with Crippen LogP contribution in [0.1, 0.15) is 11.3 Å². The molecule has 0 amide bonds. The van der Waals surface area contributed by atoms with Crippen molar-refractivity contribution in [3.8, 4) is 11.3 Å². The van der Waals surface area contributed by atoms with Crippen LogP contribution in [0, 0.1) is 6.92 Å². The number of benzene rings is 1. The van der Waals surface area contributed by atoms with E-state index in [0.717, 1.165) is 22.5 Å². The number of H-pyrrole nitrogens is 1. The second kappa shape index (κ2) is 5.31. The molecule has 0 radical (unpaired) electrons. The lowest BCUT2D eigenvalue weighted by atomic mass is 10.0. The predicted molar refractivity (Wildman–Crippen MR) is 69.8 cm³/mol. The molecule has 0 fully saturated rings. The first kappa shape index (κ1) is 12.1. The number of nitrogens with one attached hydrogen (secondary N) is 1. The highest BCUT2D eigenvalue weighted by Crippen LogP contribution is 2.23. The third-order valence-electron chi connectivity index (χ3n) is 2.54. The molecule has 1 N–H and O–H groups in total. The van der Waals surface area contributed by atoms with Crippen LogP contribution in [0.4, 0.5) is 0 Å². The Morgan fingerprint density at radius 2 is 2.17 bits per heavy atom. The van der Waals surface area contributed by atoms with Gasteiger partial charge in [0.25, 0.3) is 0 Å². The number of aromatic amines is 1. The molecule has 92 valence electrons. The number of carbonyl (C=O) groups is 1. The van der Waals surface area contributed by atoms with E-state index in [4.69, 9.17) is 0 Å². The zero-order valence-corrected chi connectivity index (χ0v) is 10.3.